The van der Waals surface area contributed by atoms with E-state index < -0.39 is 0 Å². The summed E-state index contributed by atoms with van der Waals surface area (Å²) < 4.78 is 12.3. The van der Waals surface area contributed by atoms with E-state index in [0.717, 1.165) is 38.6 Å². The zero-order chi connectivity index (χ0) is 19.7. The zero-order valence-electron chi connectivity index (χ0n) is 15.6. The highest BCUT2D eigenvalue weighted by atomic mass is 79.9. The predicted octanol–water partition coefficient (Wildman–Crippen LogP) is 5.42. The quantitative estimate of drug-likeness (QED) is 0.546. The van der Waals surface area contributed by atoms with Gasteiger partial charge in [-0.2, -0.15) is 5.10 Å². The Morgan fingerprint density at radius 1 is 1.07 bits per heavy atom. The molecule has 4 rings (SSSR count). The fourth-order valence-corrected chi connectivity index (χ4v) is 3.55. The third-order valence-corrected chi connectivity index (χ3v) is 5.27. The van der Waals surface area contributed by atoms with Crippen molar-refractivity contribution in [3.8, 4) is 17.1 Å². The number of hydrazone groups is 1. The number of hydrogen-bond donors (Lipinski definition) is 0. The molecule has 1 aliphatic rings. The minimum absolute atomic E-state index is 0.116. The number of amides is 1. The number of benzene rings is 2. The van der Waals surface area contributed by atoms with Gasteiger partial charge in [0.1, 0.15) is 23.3 Å². The number of furan rings is 1. The summed E-state index contributed by atoms with van der Waals surface area (Å²) in [7, 11) is 1.63. The van der Waals surface area contributed by atoms with Gasteiger partial charge in [-0.1, -0.05) is 28.1 Å². The molecule has 28 heavy (non-hydrogen) atoms. The van der Waals surface area contributed by atoms with E-state index in [-0.39, 0.29) is 11.9 Å². The molecule has 142 valence electrons. The number of carbonyl (C=O) groups is 1. The molecular formula is C22H19BrN2O3. The number of ether oxygens (including phenoxy) is 1. The summed E-state index contributed by atoms with van der Waals surface area (Å²) >= 11 is 3.44. The lowest BCUT2D eigenvalue weighted by Gasteiger charge is -2.17. The monoisotopic (exact) mass is 438 g/mol. The second kappa shape index (κ2) is 7.64. The maximum absolute atomic E-state index is 12.2. The van der Waals surface area contributed by atoms with Crippen LogP contribution in [0.3, 0.4) is 0 Å². The van der Waals surface area contributed by atoms with Crippen LogP contribution in [-0.2, 0) is 4.79 Å². The summed E-state index contributed by atoms with van der Waals surface area (Å²) in [5.41, 5.74) is 2.80. The van der Waals surface area contributed by atoms with E-state index in [0.29, 0.717) is 6.42 Å². The van der Waals surface area contributed by atoms with Crippen molar-refractivity contribution in [3.63, 3.8) is 0 Å². The fraction of sp³-hybridized carbons (Fsp3) is 0.182. The van der Waals surface area contributed by atoms with Gasteiger partial charge in [-0.3, -0.25) is 4.79 Å². The van der Waals surface area contributed by atoms with Gasteiger partial charge in [0.2, 0.25) is 5.91 Å². The van der Waals surface area contributed by atoms with Crippen molar-refractivity contribution in [1.82, 2.24) is 5.01 Å². The fourth-order valence-electron chi connectivity index (χ4n) is 3.28. The third-order valence-electron chi connectivity index (χ3n) is 4.74. The molecule has 1 amide bonds. The van der Waals surface area contributed by atoms with Crippen LogP contribution in [0, 0.1) is 0 Å². The standard InChI is InChI=1S/C22H19BrN2O3/c1-14(26)25-20(13-19(24-25)15-5-9-18(27-2)10-6-15)22-12-11-21(28-22)16-3-7-17(23)8-4-16/h3-12,20H,13H2,1-2H3. The number of carbonyl (C=O) groups excluding carboxylic acids is 1. The minimum Gasteiger partial charge on any atom is -0.497 e. The van der Waals surface area contributed by atoms with Crippen molar-refractivity contribution < 1.29 is 13.9 Å². The van der Waals surface area contributed by atoms with E-state index in [2.05, 4.69) is 21.0 Å². The summed E-state index contributed by atoms with van der Waals surface area (Å²) in [6, 6.07) is 19.2. The molecule has 0 fully saturated rings. The first-order valence-corrected chi connectivity index (χ1v) is 9.72. The number of rotatable bonds is 4. The van der Waals surface area contributed by atoms with Crippen LogP contribution in [-0.4, -0.2) is 23.7 Å². The second-order valence-electron chi connectivity index (χ2n) is 6.57. The molecule has 3 aromatic rings. The summed E-state index contributed by atoms with van der Waals surface area (Å²) in [5, 5.41) is 6.06. The molecule has 1 aromatic heterocycles. The molecule has 1 atom stereocenters. The largest absolute Gasteiger partial charge is 0.497 e. The van der Waals surface area contributed by atoms with Crippen molar-refractivity contribution in [2.75, 3.05) is 7.11 Å². The smallest absolute Gasteiger partial charge is 0.240 e. The van der Waals surface area contributed by atoms with E-state index in [4.69, 9.17) is 9.15 Å². The Bertz CT molecular complexity index is 1020. The molecule has 0 saturated carbocycles. The van der Waals surface area contributed by atoms with Gasteiger partial charge >= 0.3 is 0 Å². The van der Waals surface area contributed by atoms with E-state index >= 15 is 0 Å². The Morgan fingerprint density at radius 2 is 1.75 bits per heavy atom. The number of halogens is 1. The zero-order valence-corrected chi connectivity index (χ0v) is 17.1. The molecule has 0 radical (unpaired) electrons. The molecule has 0 N–H and O–H groups in total. The molecule has 0 saturated heterocycles. The number of methoxy groups -OCH3 is 1. The van der Waals surface area contributed by atoms with E-state index in [1.165, 1.54) is 11.9 Å². The average Bonchev–Trinajstić information content (AvgIpc) is 3.36. The lowest BCUT2D eigenvalue weighted by Crippen LogP contribution is -2.23. The third kappa shape index (κ3) is 3.60. The van der Waals surface area contributed by atoms with Gasteiger partial charge in [0.15, 0.2) is 0 Å². The van der Waals surface area contributed by atoms with E-state index in [1.807, 2.05) is 60.7 Å². The summed E-state index contributed by atoms with van der Waals surface area (Å²) in [4.78, 5) is 12.2. The average molecular weight is 439 g/mol. The van der Waals surface area contributed by atoms with Crippen LogP contribution in [0.15, 0.2) is 74.7 Å². The Morgan fingerprint density at radius 3 is 2.39 bits per heavy atom. The molecule has 5 nitrogen and oxygen atoms in total. The summed E-state index contributed by atoms with van der Waals surface area (Å²) in [6.45, 7) is 1.52. The van der Waals surface area contributed by atoms with Gasteiger partial charge in [-0.05, 0) is 54.1 Å². The maximum Gasteiger partial charge on any atom is 0.240 e. The summed E-state index contributed by atoms with van der Waals surface area (Å²) in [6.07, 6.45) is 0.596. The van der Waals surface area contributed by atoms with Crippen molar-refractivity contribution in [1.29, 1.82) is 0 Å². The highest BCUT2D eigenvalue weighted by Gasteiger charge is 2.33. The highest BCUT2D eigenvalue weighted by Crippen LogP contribution is 2.36. The molecule has 6 heteroatoms. The lowest BCUT2D eigenvalue weighted by molar-refractivity contribution is -0.130. The summed E-state index contributed by atoms with van der Waals surface area (Å²) in [5.74, 6) is 2.16. The van der Waals surface area contributed by atoms with Crippen LogP contribution < -0.4 is 4.74 Å². The first-order chi connectivity index (χ1) is 13.5. The van der Waals surface area contributed by atoms with Crippen LogP contribution >= 0.6 is 15.9 Å². The molecular weight excluding hydrogens is 420 g/mol. The Kier molecular flexibility index (Phi) is 5.05. The van der Waals surface area contributed by atoms with Crippen LogP contribution in [0.5, 0.6) is 5.75 Å². The second-order valence-corrected chi connectivity index (χ2v) is 7.48. The van der Waals surface area contributed by atoms with Crippen molar-refractivity contribution in [2.24, 2.45) is 5.10 Å². The molecule has 2 aromatic carbocycles. The van der Waals surface area contributed by atoms with Crippen LogP contribution in [0.1, 0.15) is 30.7 Å². The number of nitrogens with zero attached hydrogens (tertiary/aromatic N) is 2. The normalized spacial score (nSPS) is 16.2. The van der Waals surface area contributed by atoms with Crippen molar-refractivity contribution in [3.05, 3.63) is 76.5 Å². The first-order valence-electron chi connectivity index (χ1n) is 8.92. The molecule has 1 aliphatic heterocycles. The first kappa shape index (κ1) is 18.5. The molecule has 2 heterocycles. The Balaban J connectivity index is 1.61. The Labute approximate surface area is 171 Å². The predicted molar refractivity (Wildman–Crippen MR) is 111 cm³/mol. The van der Waals surface area contributed by atoms with E-state index in [1.54, 1.807) is 7.11 Å². The Hall–Kier alpha value is -2.86. The highest BCUT2D eigenvalue weighted by molar-refractivity contribution is 9.10. The van der Waals surface area contributed by atoms with Crippen molar-refractivity contribution >= 4 is 27.5 Å². The maximum atomic E-state index is 12.2. The van der Waals surface area contributed by atoms with E-state index in [9.17, 15) is 4.79 Å². The van der Waals surface area contributed by atoms with Gasteiger partial charge in [-0.15, -0.1) is 0 Å². The SMILES string of the molecule is COc1ccc(C2=NN(C(C)=O)C(c3ccc(-c4ccc(Br)cc4)o3)C2)cc1. The van der Waals surface area contributed by atoms with Gasteiger partial charge in [0, 0.05) is 23.4 Å². The van der Waals surface area contributed by atoms with Gasteiger partial charge in [0.25, 0.3) is 0 Å². The van der Waals surface area contributed by atoms with Gasteiger partial charge < -0.3 is 9.15 Å². The molecule has 0 bridgehead atoms. The topological polar surface area (TPSA) is 55.0 Å². The number of hydrogen-bond acceptors (Lipinski definition) is 4. The molecule has 0 aliphatic carbocycles. The van der Waals surface area contributed by atoms with Crippen LogP contribution in [0.25, 0.3) is 11.3 Å². The minimum atomic E-state index is -0.251. The van der Waals surface area contributed by atoms with Crippen LogP contribution in [0.2, 0.25) is 0 Å². The van der Waals surface area contributed by atoms with Gasteiger partial charge in [0.05, 0.1) is 12.8 Å². The molecule has 0 spiro atoms. The van der Waals surface area contributed by atoms with Crippen molar-refractivity contribution in [2.45, 2.75) is 19.4 Å². The molecule has 1 unspecified atom stereocenters. The van der Waals surface area contributed by atoms with Crippen LogP contribution in [0.4, 0.5) is 0 Å². The lowest BCUT2D eigenvalue weighted by atomic mass is 10.0. The van der Waals surface area contributed by atoms with Gasteiger partial charge in [-0.25, -0.2) is 5.01 Å².